The highest BCUT2D eigenvalue weighted by Crippen LogP contribution is 2.49. The molecule has 0 unspecified atom stereocenters. The van der Waals surface area contributed by atoms with E-state index in [1.54, 1.807) is 6.92 Å². The van der Waals surface area contributed by atoms with Gasteiger partial charge in [0.2, 0.25) is 5.91 Å². The Morgan fingerprint density at radius 1 is 1.07 bits per heavy atom. The van der Waals surface area contributed by atoms with Crippen LogP contribution in [0.15, 0.2) is 48.5 Å². The van der Waals surface area contributed by atoms with Gasteiger partial charge in [-0.15, -0.1) is 0 Å². The third kappa shape index (κ3) is 4.00. The summed E-state index contributed by atoms with van der Waals surface area (Å²) in [7, 11) is 0. The van der Waals surface area contributed by atoms with Gasteiger partial charge < -0.3 is 10.2 Å². The maximum Gasteiger partial charge on any atom is 0.373 e. The SMILES string of the molecule is CC(=O)N1c2ccccc2[C@H](Nc2ccc(C)cc2)[C@@H](C)[C@@H]1C1CC1.O=C=O. The van der Waals surface area contributed by atoms with Crippen LogP contribution in [0.5, 0.6) is 0 Å². The second kappa shape index (κ2) is 8.41. The highest BCUT2D eigenvalue weighted by Gasteiger charge is 2.47. The number of hydrogen-bond acceptors (Lipinski definition) is 4. The predicted octanol–water partition coefficient (Wildman–Crippen LogP) is 4.35. The van der Waals surface area contributed by atoms with E-state index >= 15 is 0 Å². The first-order chi connectivity index (χ1) is 13.5. The number of carbonyl (C=O) groups excluding carboxylic acids is 3. The van der Waals surface area contributed by atoms with Gasteiger partial charge in [0.15, 0.2) is 0 Å². The molecule has 146 valence electrons. The Morgan fingerprint density at radius 3 is 2.25 bits per heavy atom. The lowest BCUT2D eigenvalue weighted by molar-refractivity contribution is -0.191. The Balaban J connectivity index is 0.000000706. The molecule has 0 radical (unpaired) electrons. The first-order valence-electron chi connectivity index (χ1n) is 9.69. The van der Waals surface area contributed by atoms with Gasteiger partial charge in [0.05, 0.1) is 6.04 Å². The largest absolute Gasteiger partial charge is 0.378 e. The minimum atomic E-state index is 0.157. The van der Waals surface area contributed by atoms with E-state index in [0.29, 0.717) is 11.8 Å². The van der Waals surface area contributed by atoms with Gasteiger partial charge in [-0.1, -0.05) is 42.8 Å². The van der Waals surface area contributed by atoms with Gasteiger partial charge in [0.1, 0.15) is 0 Å². The molecule has 1 saturated carbocycles. The van der Waals surface area contributed by atoms with E-state index in [0.717, 1.165) is 11.4 Å². The maximum absolute atomic E-state index is 12.5. The molecule has 1 aliphatic heterocycles. The average molecular weight is 378 g/mol. The fraction of sp³-hybridized carbons (Fsp3) is 0.391. The van der Waals surface area contributed by atoms with Crippen molar-refractivity contribution in [3.8, 4) is 0 Å². The standard InChI is InChI=1S/C22H26N2O.CO2/c1-14-8-12-18(13-9-14)23-21-15(2)22(17-10-11-17)24(16(3)25)20-7-5-4-6-19(20)21;2-1-3/h4-9,12-13,15,17,21-23H,10-11H2,1-3H3;/t15-,21-,22-;/m1./s1. The molecule has 2 aliphatic rings. The fourth-order valence-corrected chi connectivity index (χ4v) is 4.34. The molecule has 2 aromatic rings. The number of amides is 1. The van der Waals surface area contributed by atoms with Gasteiger partial charge in [-0.2, -0.15) is 9.59 Å². The second-order valence-corrected chi connectivity index (χ2v) is 7.71. The summed E-state index contributed by atoms with van der Waals surface area (Å²) >= 11 is 0. The van der Waals surface area contributed by atoms with Gasteiger partial charge in [0, 0.05) is 30.3 Å². The maximum atomic E-state index is 12.5. The molecule has 5 heteroatoms. The predicted molar refractivity (Wildman–Crippen MR) is 108 cm³/mol. The molecule has 5 nitrogen and oxygen atoms in total. The van der Waals surface area contributed by atoms with Crippen LogP contribution in [0.25, 0.3) is 0 Å². The van der Waals surface area contributed by atoms with E-state index in [1.165, 1.54) is 24.0 Å². The summed E-state index contributed by atoms with van der Waals surface area (Å²) < 4.78 is 0. The van der Waals surface area contributed by atoms with Crippen molar-refractivity contribution in [2.45, 2.75) is 45.7 Å². The quantitative estimate of drug-likeness (QED) is 0.862. The summed E-state index contributed by atoms with van der Waals surface area (Å²) in [6.45, 7) is 6.10. The minimum absolute atomic E-state index is 0.157. The molecule has 1 fully saturated rings. The number of aryl methyl sites for hydroxylation is 1. The number of benzene rings is 2. The average Bonchev–Trinajstić information content (AvgIpc) is 3.50. The third-order valence-corrected chi connectivity index (χ3v) is 5.71. The van der Waals surface area contributed by atoms with Crippen LogP contribution in [0.4, 0.5) is 11.4 Å². The number of nitrogens with zero attached hydrogens (tertiary/aromatic N) is 1. The number of hydrogen-bond donors (Lipinski definition) is 1. The summed E-state index contributed by atoms with van der Waals surface area (Å²) in [6.07, 6.45) is 2.72. The molecule has 3 atom stereocenters. The van der Waals surface area contributed by atoms with E-state index < -0.39 is 0 Å². The van der Waals surface area contributed by atoms with Gasteiger partial charge in [-0.3, -0.25) is 4.79 Å². The van der Waals surface area contributed by atoms with Crippen LogP contribution in [-0.4, -0.2) is 18.1 Å². The van der Waals surface area contributed by atoms with Crippen molar-refractivity contribution in [3.05, 3.63) is 59.7 Å². The van der Waals surface area contributed by atoms with Gasteiger partial charge in [0.25, 0.3) is 0 Å². The van der Waals surface area contributed by atoms with Gasteiger partial charge >= 0.3 is 6.15 Å². The molecule has 2 aromatic carbocycles. The zero-order valence-electron chi connectivity index (χ0n) is 16.5. The van der Waals surface area contributed by atoms with Gasteiger partial charge in [-0.05, 0) is 49.4 Å². The molecule has 0 bridgehead atoms. The molecular formula is C23H26N2O3. The Morgan fingerprint density at radius 2 is 1.68 bits per heavy atom. The van der Waals surface area contributed by atoms with Crippen LogP contribution in [-0.2, 0) is 14.4 Å². The van der Waals surface area contributed by atoms with Crippen molar-refractivity contribution in [3.63, 3.8) is 0 Å². The smallest absolute Gasteiger partial charge is 0.373 e. The molecule has 0 aromatic heterocycles. The van der Waals surface area contributed by atoms with Crippen LogP contribution in [0.1, 0.15) is 43.9 Å². The summed E-state index contributed by atoms with van der Waals surface area (Å²) in [5.41, 5.74) is 4.71. The van der Waals surface area contributed by atoms with Crippen molar-refractivity contribution in [1.29, 1.82) is 0 Å². The minimum Gasteiger partial charge on any atom is -0.378 e. The van der Waals surface area contributed by atoms with E-state index in [9.17, 15) is 4.79 Å². The zero-order chi connectivity index (χ0) is 20.3. The number of rotatable bonds is 3. The molecule has 1 amide bonds. The van der Waals surface area contributed by atoms with Crippen LogP contribution in [0.3, 0.4) is 0 Å². The first-order valence-corrected chi connectivity index (χ1v) is 9.69. The summed E-state index contributed by atoms with van der Waals surface area (Å²) in [6, 6.07) is 17.5. The Kier molecular flexibility index (Phi) is 5.96. The number of nitrogens with one attached hydrogen (secondary N) is 1. The van der Waals surface area contributed by atoms with E-state index in [2.05, 4.69) is 66.5 Å². The van der Waals surface area contributed by atoms with E-state index in [4.69, 9.17) is 9.59 Å². The number of carbonyl (C=O) groups is 1. The molecule has 0 spiro atoms. The summed E-state index contributed by atoms with van der Waals surface area (Å²) in [4.78, 5) is 30.8. The Hall–Kier alpha value is -2.91. The molecule has 28 heavy (non-hydrogen) atoms. The topological polar surface area (TPSA) is 66.5 Å². The highest BCUT2D eigenvalue weighted by molar-refractivity contribution is 5.94. The molecule has 1 N–H and O–H groups in total. The Labute approximate surface area is 165 Å². The lowest BCUT2D eigenvalue weighted by Crippen LogP contribution is -2.51. The highest BCUT2D eigenvalue weighted by atomic mass is 16.2. The van der Waals surface area contributed by atoms with Gasteiger partial charge in [-0.25, -0.2) is 0 Å². The van der Waals surface area contributed by atoms with Crippen LogP contribution in [0, 0.1) is 18.8 Å². The fourth-order valence-electron chi connectivity index (χ4n) is 4.34. The van der Waals surface area contributed by atoms with Crippen molar-refractivity contribution in [2.75, 3.05) is 10.2 Å². The molecule has 1 heterocycles. The van der Waals surface area contributed by atoms with Crippen molar-refractivity contribution in [1.82, 2.24) is 0 Å². The van der Waals surface area contributed by atoms with Crippen LogP contribution in [0.2, 0.25) is 0 Å². The number of anilines is 2. The van der Waals surface area contributed by atoms with Crippen molar-refractivity contribution >= 4 is 23.4 Å². The first kappa shape index (κ1) is 19.8. The normalized spacial score (nSPS) is 23.0. The van der Waals surface area contributed by atoms with Crippen LogP contribution < -0.4 is 10.2 Å². The molecule has 1 aliphatic carbocycles. The number of para-hydroxylation sites is 1. The third-order valence-electron chi connectivity index (χ3n) is 5.71. The van der Waals surface area contributed by atoms with E-state index in [-0.39, 0.29) is 24.1 Å². The Bertz CT molecular complexity index is 868. The zero-order valence-corrected chi connectivity index (χ0v) is 16.5. The summed E-state index contributed by atoms with van der Waals surface area (Å²) in [5.74, 6) is 1.16. The second-order valence-electron chi connectivity index (χ2n) is 7.71. The van der Waals surface area contributed by atoms with E-state index in [1.807, 2.05) is 6.07 Å². The number of fused-ring (bicyclic) bond motifs is 1. The van der Waals surface area contributed by atoms with Crippen molar-refractivity contribution in [2.24, 2.45) is 11.8 Å². The van der Waals surface area contributed by atoms with Crippen molar-refractivity contribution < 1.29 is 14.4 Å². The monoisotopic (exact) mass is 378 g/mol. The molecule has 0 saturated heterocycles. The molecular weight excluding hydrogens is 352 g/mol. The lowest BCUT2D eigenvalue weighted by atomic mass is 9.80. The summed E-state index contributed by atoms with van der Waals surface area (Å²) in [5, 5.41) is 3.75. The molecule has 4 rings (SSSR count). The lowest BCUT2D eigenvalue weighted by Gasteiger charge is -2.46. The van der Waals surface area contributed by atoms with Crippen LogP contribution >= 0.6 is 0 Å².